The van der Waals surface area contributed by atoms with Crippen molar-refractivity contribution >= 4 is 51.7 Å². The number of esters is 1. The Balaban J connectivity index is 1.85. The molecule has 1 N–H and O–H groups in total. The molecule has 0 radical (unpaired) electrons. The quantitative estimate of drug-likeness (QED) is 0.635. The predicted molar refractivity (Wildman–Crippen MR) is 88.6 cm³/mol. The zero-order valence-corrected chi connectivity index (χ0v) is 14.1. The van der Waals surface area contributed by atoms with Gasteiger partial charge in [0.2, 0.25) is 5.91 Å². The molecule has 0 aliphatic heterocycles. The van der Waals surface area contributed by atoms with Gasteiger partial charge in [0.1, 0.15) is 0 Å². The van der Waals surface area contributed by atoms with E-state index in [1.54, 1.807) is 11.4 Å². The van der Waals surface area contributed by atoms with Crippen molar-refractivity contribution in [3.8, 4) is 0 Å². The van der Waals surface area contributed by atoms with Crippen molar-refractivity contribution < 1.29 is 14.3 Å². The average molecular weight is 357 g/mol. The van der Waals surface area contributed by atoms with Gasteiger partial charge in [-0.05, 0) is 12.1 Å². The number of nitrogens with one attached hydrogen (secondary N) is 1. The Morgan fingerprint density at radius 1 is 1.41 bits per heavy atom. The second-order valence-corrected chi connectivity index (χ2v) is 6.45. The number of hydrogen-bond donors (Lipinski definition) is 1. The maximum atomic E-state index is 11.9. The van der Waals surface area contributed by atoms with E-state index in [0.29, 0.717) is 15.8 Å². The SMILES string of the molecule is COC(=O)Cc1csc(NC(=O)CSc2ccccc2Cl)n1. The topological polar surface area (TPSA) is 68.3 Å². The first-order chi connectivity index (χ1) is 10.6. The Labute approximate surface area is 141 Å². The minimum absolute atomic E-state index is 0.0945. The standard InChI is InChI=1S/C14H13ClN2O3S2/c1-20-13(19)6-9-7-22-14(16-9)17-12(18)8-21-11-5-3-2-4-10(11)15/h2-5,7H,6,8H2,1H3,(H,16,17,18). The van der Waals surface area contributed by atoms with E-state index in [-0.39, 0.29) is 24.1 Å². The number of carbonyl (C=O) groups is 2. The van der Waals surface area contributed by atoms with Gasteiger partial charge in [0.15, 0.2) is 5.13 Å². The fourth-order valence-corrected chi connectivity index (χ4v) is 3.29. The van der Waals surface area contributed by atoms with Crippen molar-refractivity contribution in [2.75, 3.05) is 18.2 Å². The van der Waals surface area contributed by atoms with E-state index in [2.05, 4.69) is 15.0 Å². The minimum Gasteiger partial charge on any atom is -0.469 e. The molecule has 1 amide bonds. The highest BCUT2D eigenvalue weighted by atomic mass is 35.5. The summed E-state index contributed by atoms with van der Waals surface area (Å²) in [5, 5.41) is 5.49. The van der Waals surface area contributed by atoms with Gasteiger partial charge in [-0.3, -0.25) is 9.59 Å². The van der Waals surface area contributed by atoms with Crippen LogP contribution in [0, 0.1) is 0 Å². The second-order valence-electron chi connectivity index (χ2n) is 4.16. The highest BCUT2D eigenvalue weighted by Gasteiger charge is 2.11. The Bertz CT molecular complexity index is 676. The molecular weight excluding hydrogens is 344 g/mol. The lowest BCUT2D eigenvalue weighted by Crippen LogP contribution is -2.14. The number of halogens is 1. The van der Waals surface area contributed by atoms with Crippen LogP contribution in [0.25, 0.3) is 0 Å². The molecule has 0 saturated heterocycles. The first kappa shape index (κ1) is 16.8. The number of anilines is 1. The van der Waals surface area contributed by atoms with E-state index in [0.717, 1.165) is 4.90 Å². The number of nitrogens with zero attached hydrogens (tertiary/aromatic N) is 1. The largest absolute Gasteiger partial charge is 0.469 e. The Morgan fingerprint density at radius 3 is 2.91 bits per heavy atom. The van der Waals surface area contributed by atoms with E-state index < -0.39 is 0 Å². The van der Waals surface area contributed by atoms with Crippen molar-refractivity contribution in [3.05, 3.63) is 40.4 Å². The predicted octanol–water partition coefficient (Wildman–Crippen LogP) is 3.24. The molecule has 0 unspecified atom stereocenters. The maximum Gasteiger partial charge on any atom is 0.311 e. The fraction of sp³-hybridized carbons (Fsp3) is 0.214. The Kier molecular flexibility index (Phi) is 6.23. The maximum absolute atomic E-state index is 11.9. The van der Waals surface area contributed by atoms with Crippen molar-refractivity contribution in [3.63, 3.8) is 0 Å². The summed E-state index contributed by atoms with van der Waals surface area (Å²) < 4.78 is 4.57. The van der Waals surface area contributed by atoms with Crippen LogP contribution in [0.4, 0.5) is 5.13 Å². The van der Waals surface area contributed by atoms with Crippen molar-refractivity contribution in [1.82, 2.24) is 4.98 Å². The fourth-order valence-electron chi connectivity index (χ4n) is 1.53. The zero-order valence-electron chi connectivity index (χ0n) is 11.7. The highest BCUT2D eigenvalue weighted by molar-refractivity contribution is 8.00. The Morgan fingerprint density at radius 2 is 2.18 bits per heavy atom. The van der Waals surface area contributed by atoms with Gasteiger partial charge in [-0.1, -0.05) is 23.7 Å². The van der Waals surface area contributed by atoms with Crippen LogP contribution in [0.1, 0.15) is 5.69 Å². The lowest BCUT2D eigenvalue weighted by Gasteiger charge is -2.03. The molecule has 5 nitrogen and oxygen atoms in total. The van der Waals surface area contributed by atoms with Crippen LogP contribution in [0.5, 0.6) is 0 Å². The van der Waals surface area contributed by atoms with Gasteiger partial charge >= 0.3 is 5.97 Å². The van der Waals surface area contributed by atoms with Gasteiger partial charge < -0.3 is 10.1 Å². The van der Waals surface area contributed by atoms with E-state index >= 15 is 0 Å². The van der Waals surface area contributed by atoms with Crippen LogP contribution in [0.3, 0.4) is 0 Å². The molecule has 2 aromatic rings. The van der Waals surface area contributed by atoms with Crippen LogP contribution < -0.4 is 5.32 Å². The molecule has 1 aromatic heterocycles. The van der Waals surface area contributed by atoms with Crippen LogP contribution in [0.2, 0.25) is 5.02 Å². The number of amides is 1. The Hall–Kier alpha value is -1.57. The first-order valence-electron chi connectivity index (χ1n) is 6.27. The molecule has 0 aliphatic carbocycles. The number of thioether (sulfide) groups is 1. The summed E-state index contributed by atoms with van der Waals surface area (Å²) in [5.41, 5.74) is 0.575. The van der Waals surface area contributed by atoms with Gasteiger partial charge in [0.05, 0.1) is 30.0 Å². The first-order valence-corrected chi connectivity index (χ1v) is 8.51. The summed E-state index contributed by atoms with van der Waals surface area (Å²) >= 11 is 8.65. The number of ether oxygens (including phenoxy) is 1. The highest BCUT2D eigenvalue weighted by Crippen LogP contribution is 2.26. The average Bonchev–Trinajstić information content (AvgIpc) is 2.93. The third kappa shape index (κ3) is 5.01. The molecule has 0 atom stereocenters. The summed E-state index contributed by atoms with van der Waals surface area (Å²) in [7, 11) is 1.32. The lowest BCUT2D eigenvalue weighted by molar-refractivity contribution is -0.139. The molecule has 22 heavy (non-hydrogen) atoms. The lowest BCUT2D eigenvalue weighted by atomic mass is 10.3. The third-order valence-corrected chi connectivity index (χ3v) is 4.87. The summed E-state index contributed by atoms with van der Waals surface area (Å²) in [6, 6.07) is 7.34. The summed E-state index contributed by atoms with van der Waals surface area (Å²) in [6.45, 7) is 0. The number of hydrogen-bond acceptors (Lipinski definition) is 6. The molecule has 0 bridgehead atoms. The normalized spacial score (nSPS) is 10.3. The van der Waals surface area contributed by atoms with Crippen LogP contribution in [-0.4, -0.2) is 29.7 Å². The minimum atomic E-state index is -0.363. The number of benzene rings is 1. The van der Waals surface area contributed by atoms with Gasteiger partial charge in [-0.2, -0.15) is 0 Å². The molecule has 2 rings (SSSR count). The van der Waals surface area contributed by atoms with Crippen LogP contribution >= 0.6 is 34.7 Å². The monoisotopic (exact) mass is 356 g/mol. The molecule has 116 valence electrons. The number of carbonyl (C=O) groups excluding carboxylic acids is 2. The molecule has 0 spiro atoms. The molecular formula is C14H13ClN2O3S2. The zero-order chi connectivity index (χ0) is 15.9. The molecule has 0 fully saturated rings. The number of thiazole rings is 1. The van der Waals surface area contributed by atoms with E-state index in [1.807, 2.05) is 18.2 Å². The van der Waals surface area contributed by atoms with Crippen molar-refractivity contribution in [2.24, 2.45) is 0 Å². The molecule has 1 aromatic carbocycles. The number of methoxy groups -OCH3 is 1. The molecule has 8 heteroatoms. The van der Waals surface area contributed by atoms with Crippen molar-refractivity contribution in [2.45, 2.75) is 11.3 Å². The molecule has 1 heterocycles. The smallest absolute Gasteiger partial charge is 0.311 e. The van der Waals surface area contributed by atoms with Gasteiger partial charge in [0.25, 0.3) is 0 Å². The molecule has 0 saturated carbocycles. The summed E-state index contributed by atoms with van der Waals surface area (Å²) in [4.78, 5) is 28.0. The van der Waals surface area contributed by atoms with E-state index in [1.165, 1.54) is 30.2 Å². The molecule has 0 aliphatic rings. The van der Waals surface area contributed by atoms with Gasteiger partial charge in [0, 0.05) is 10.3 Å². The van der Waals surface area contributed by atoms with E-state index in [9.17, 15) is 9.59 Å². The summed E-state index contributed by atoms with van der Waals surface area (Å²) in [6.07, 6.45) is 0.0945. The van der Waals surface area contributed by atoms with Gasteiger partial charge in [-0.15, -0.1) is 23.1 Å². The third-order valence-electron chi connectivity index (χ3n) is 2.55. The van der Waals surface area contributed by atoms with E-state index in [4.69, 9.17) is 11.6 Å². The van der Waals surface area contributed by atoms with Crippen LogP contribution in [0.15, 0.2) is 34.5 Å². The summed E-state index contributed by atoms with van der Waals surface area (Å²) in [5.74, 6) is -0.309. The van der Waals surface area contributed by atoms with Gasteiger partial charge in [-0.25, -0.2) is 4.98 Å². The van der Waals surface area contributed by atoms with Crippen molar-refractivity contribution in [1.29, 1.82) is 0 Å². The van der Waals surface area contributed by atoms with Crippen LogP contribution in [-0.2, 0) is 20.7 Å². The second kappa shape index (κ2) is 8.17. The number of aromatic nitrogens is 1. The number of rotatable bonds is 6.